The number of methoxy groups -OCH3 is 1. The first-order chi connectivity index (χ1) is 9.56. The first kappa shape index (κ1) is 16.2. The number of allylic oxidation sites excluding steroid dienone is 1. The minimum absolute atomic E-state index is 0.189. The van der Waals surface area contributed by atoms with Crippen molar-refractivity contribution in [2.45, 2.75) is 19.8 Å². The molecule has 108 valence electrons. The Labute approximate surface area is 123 Å². The normalized spacial score (nSPS) is 11.1. The summed E-state index contributed by atoms with van der Waals surface area (Å²) in [4.78, 5) is 22.8. The van der Waals surface area contributed by atoms with Crippen LogP contribution in [0, 0.1) is 0 Å². The highest BCUT2D eigenvalue weighted by molar-refractivity contribution is 6.30. The minimum Gasteiger partial charge on any atom is -0.469 e. The zero-order valence-corrected chi connectivity index (χ0v) is 12.3. The first-order valence-electron chi connectivity index (χ1n) is 6.27. The van der Waals surface area contributed by atoms with Crippen LogP contribution in [0.2, 0.25) is 5.02 Å². The van der Waals surface area contributed by atoms with Crippen LogP contribution in [-0.4, -0.2) is 25.7 Å². The predicted molar refractivity (Wildman–Crippen MR) is 77.3 cm³/mol. The molecule has 5 heteroatoms. The third-order valence-corrected chi connectivity index (χ3v) is 2.84. The molecule has 1 rings (SSSR count). The summed E-state index contributed by atoms with van der Waals surface area (Å²) in [5.41, 5.74) is 1.48. The van der Waals surface area contributed by atoms with E-state index in [0.717, 1.165) is 5.56 Å². The van der Waals surface area contributed by atoms with E-state index in [1.165, 1.54) is 13.2 Å². The Morgan fingerprint density at radius 2 is 2.05 bits per heavy atom. The zero-order chi connectivity index (χ0) is 15.0. The van der Waals surface area contributed by atoms with Gasteiger partial charge in [-0.15, -0.1) is 0 Å². The second-order valence-corrected chi connectivity index (χ2v) is 4.44. The monoisotopic (exact) mass is 296 g/mol. The summed E-state index contributed by atoms with van der Waals surface area (Å²) in [6.07, 6.45) is 1.96. The number of carbonyl (C=O) groups is 2. The van der Waals surface area contributed by atoms with Crippen LogP contribution in [0.5, 0.6) is 0 Å². The lowest BCUT2D eigenvalue weighted by Crippen LogP contribution is -2.04. The highest BCUT2D eigenvalue weighted by atomic mass is 35.5. The molecule has 0 saturated carbocycles. The molecule has 20 heavy (non-hydrogen) atoms. The van der Waals surface area contributed by atoms with Crippen molar-refractivity contribution < 1.29 is 19.1 Å². The van der Waals surface area contributed by atoms with Gasteiger partial charge in [0.25, 0.3) is 0 Å². The van der Waals surface area contributed by atoms with Crippen molar-refractivity contribution in [2.75, 3.05) is 13.7 Å². The van der Waals surface area contributed by atoms with Gasteiger partial charge in [0.15, 0.2) is 0 Å². The van der Waals surface area contributed by atoms with Gasteiger partial charge in [0.1, 0.15) is 0 Å². The van der Waals surface area contributed by atoms with Crippen LogP contribution < -0.4 is 0 Å². The van der Waals surface area contributed by atoms with E-state index in [1.54, 1.807) is 25.1 Å². The Bertz CT molecular complexity index is 508. The molecular weight excluding hydrogens is 280 g/mol. The summed E-state index contributed by atoms with van der Waals surface area (Å²) in [6, 6.07) is 7.10. The SMILES string of the molecule is CCOC(=O)/C=C(/CCC(=O)OC)c1cccc(Cl)c1. The molecule has 0 amide bonds. The van der Waals surface area contributed by atoms with Crippen molar-refractivity contribution in [1.82, 2.24) is 0 Å². The number of benzene rings is 1. The lowest BCUT2D eigenvalue weighted by molar-refractivity contribution is -0.140. The maximum atomic E-state index is 11.6. The van der Waals surface area contributed by atoms with Crippen molar-refractivity contribution in [1.29, 1.82) is 0 Å². The molecule has 0 unspecified atom stereocenters. The Hall–Kier alpha value is -1.81. The number of rotatable bonds is 6. The van der Waals surface area contributed by atoms with Gasteiger partial charge >= 0.3 is 11.9 Å². The quantitative estimate of drug-likeness (QED) is 0.597. The largest absolute Gasteiger partial charge is 0.469 e. The standard InChI is InChI=1S/C15H17ClO4/c1-3-20-15(18)10-12(7-8-14(17)19-2)11-5-4-6-13(16)9-11/h4-6,9-10H,3,7-8H2,1-2H3/b12-10-. The summed E-state index contributed by atoms with van der Waals surface area (Å²) < 4.78 is 9.50. The lowest BCUT2D eigenvalue weighted by atomic mass is 10.0. The van der Waals surface area contributed by atoms with Crippen molar-refractivity contribution in [3.63, 3.8) is 0 Å². The molecule has 0 radical (unpaired) electrons. The van der Waals surface area contributed by atoms with Crippen LogP contribution in [0.1, 0.15) is 25.3 Å². The van der Waals surface area contributed by atoms with Gasteiger partial charge < -0.3 is 9.47 Å². The van der Waals surface area contributed by atoms with Crippen molar-refractivity contribution in [3.8, 4) is 0 Å². The second kappa shape index (κ2) is 8.38. The molecule has 0 fully saturated rings. The fourth-order valence-electron chi connectivity index (χ4n) is 1.65. The van der Waals surface area contributed by atoms with Gasteiger partial charge in [-0.05, 0) is 36.6 Å². The molecule has 0 saturated heterocycles. The number of hydrogen-bond acceptors (Lipinski definition) is 4. The highest BCUT2D eigenvalue weighted by Crippen LogP contribution is 2.23. The molecule has 0 atom stereocenters. The predicted octanol–water partition coefficient (Wildman–Crippen LogP) is 3.24. The van der Waals surface area contributed by atoms with Crippen LogP contribution in [0.4, 0.5) is 0 Å². The summed E-state index contributed by atoms with van der Waals surface area (Å²) in [5.74, 6) is -0.769. The third kappa shape index (κ3) is 5.45. The number of carbonyl (C=O) groups excluding carboxylic acids is 2. The van der Waals surface area contributed by atoms with Gasteiger partial charge in [0.05, 0.1) is 13.7 Å². The molecule has 0 aliphatic rings. The molecule has 1 aromatic carbocycles. The summed E-state index contributed by atoms with van der Waals surface area (Å²) in [6.45, 7) is 2.04. The van der Waals surface area contributed by atoms with Crippen LogP contribution >= 0.6 is 11.6 Å². The van der Waals surface area contributed by atoms with Crippen molar-refractivity contribution in [2.24, 2.45) is 0 Å². The number of esters is 2. The van der Waals surface area contributed by atoms with E-state index < -0.39 is 5.97 Å². The van der Waals surface area contributed by atoms with Crippen LogP contribution in [0.15, 0.2) is 30.3 Å². The highest BCUT2D eigenvalue weighted by Gasteiger charge is 2.09. The van der Waals surface area contributed by atoms with Gasteiger partial charge in [-0.2, -0.15) is 0 Å². The van der Waals surface area contributed by atoms with E-state index in [-0.39, 0.29) is 12.4 Å². The van der Waals surface area contributed by atoms with Gasteiger partial charge in [0.2, 0.25) is 0 Å². The molecule has 0 spiro atoms. The number of hydrogen-bond donors (Lipinski definition) is 0. The minimum atomic E-state index is -0.438. The Morgan fingerprint density at radius 1 is 1.30 bits per heavy atom. The smallest absolute Gasteiger partial charge is 0.331 e. The molecule has 0 aliphatic heterocycles. The van der Waals surface area contributed by atoms with Gasteiger partial charge in [-0.3, -0.25) is 4.79 Å². The summed E-state index contributed by atoms with van der Waals surface area (Å²) >= 11 is 5.94. The van der Waals surface area contributed by atoms with Crippen LogP contribution in [0.3, 0.4) is 0 Å². The van der Waals surface area contributed by atoms with Crippen LogP contribution in [0.25, 0.3) is 5.57 Å². The van der Waals surface area contributed by atoms with Crippen molar-refractivity contribution in [3.05, 3.63) is 40.9 Å². The lowest BCUT2D eigenvalue weighted by Gasteiger charge is -2.08. The molecule has 0 N–H and O–H groups in total. The molecule has 0 heterocycles. The number of ether oxygens (including phenoxy) is 2. The van der Waals surface area contributed by atoms with Gasteiger partial charge in [-0.25, -0.2) is 4.79 Å². The average molecular weight is 297 g/mol. The maximum Gasteiger partial charge on any atom is 0.331 e. The topological polar surface area (TPSA) is 52.6 Å². The molecular formula is C15H17ClO4. The van der Waals surface area contributed by atoms with E-state index in [2.05, 4.69) is 4.74 Å². The van der Waals surface area contributed by atoms with E-state index in [4.69, 9.17) is 16.3 Å². The van der Waals surface area contributed by atoms with Gasteiger partial charge in [0, 0.05) is 17.5 Å². The Balaban J connectivity index is 2.94. The third-order valence-electron chi connectivity index (χ3n) is 2.60. The Morgan fingerprint density at radius 3 is 2.65 bits per heavy atom. The molecule has 0 aliphatic carbocycles. The van der Waals surface area contributed by atoms with E-state index >= 15 is 0 Å². The van der Waals surface area contributed by atoms with E-state index in [1.807, 2.05) is 6.07 Å². The van der Waals surface area contributed by atoms with E-state index in [0.29, 0.717) is 23.6 Å². The van der Waals surface area contributed by atoms with Gasteiger partial charge in [-0.1, -0.05) is 23.7 Å². The maximum absolute atomic E-state index is 11.6. The second-order valence-electron chi connectivity index (χ2n) is 4.01. The summed E-state index contributed by atoms with van der Waals surface area (Å²) in [7, 11) is 1.33. The van der Waals surface area contributed by atoms with Crippen LogP contribution in [-0.2, 0) is 19.1 Å². The zero-order valence-electron chi connectivity index (χ0n) is 11.5. The fourth-order valence-corrected chi connectivity index (χ4v) is 1.84. The molecule has 4 nitrogen and oxygen atoms in total. The molecule has 0 aromatic heterocycles. The van der Waals surface area contributed by atoms with E-state index in [9.17, 15) is 9.59 Å². The molecule has 0 bridgehead atoms. The molecule has 1 aromatic rings. The Kier molecular flexibility index (Phi) is 6.81. The first-order valence-corrected chi connectivity index (χ1v) is 6.64. The number of halogens is 1. The van der Waals surface area contributed by atoms with Crippen molar-refractivity contribution >= 4 is 29.1 Å². The average Bonchev–Trinajstić information content (AvgIpc) is 2.43. The summed E-state index contributed by atoms with van der Waals surface area (Å²) in [5, 5.41) is 0.565. The fraction of sp³-hybridized carbons (Fsp3) is 0.333.